The molecule has 2 aliphatic carbocycles. The minimum Gasteiger partial charge on any atom is -0.330 e. The molecule has 0 aromatic carbocycles. The second kappa shape index (κ2) is 5.31. The Morgan fingerprint density at radius 2 is 1.87 bits per heavy atom. The predicted molar refractivity (Wildman–Crippen MR) is 64.7 cm³/mol. The predicted octanol–water partition coefficient (Wildman–Crippen LogP) is 2.28. The first-order chi connectivity index (χ1) is 7.31. The zero-order valence-corrected chi connectivity index (χ0v) is 10.0. The fraction of sp³-hybridized carbons (Fsp3) is 1.00. The number of nitrogens with two attached hydrogens (primary N) is 1. The molecule has 15 heavy (non-hydrogen) atoms. The lowest BCUT2D eigenvalue weighted by Crippen LogP contribution is -2.49. The molecule has 3 atom stereocenters. The van der Waals surface area contributed by atoms with Crippen LogP contribution in [0.1, 0.15) is 51.9 Å². The van der Waals surface area contributed by atoms with Crippen LogP contribution in [0.4, 0.5) is 0 Å². The second-order valence-corrected chi connectivity index (χ2v) is 5.53. The SMILES string of the molecule is CC(NC1CCCCC1CN)C1CCC1. The van der Waals surface area contributed by atoms with E-state index in [1.165, 1.54) is 44.9 Å². The molecule has 2 saturated carbocycles. The second-order valence-electron chi connectivity index (χ2n) is 5.53. The first-order valence-electron chi connectivity index (χ1n) is 6.77. The Morgan fingerprint density at radius 3 is 2.47 bits per heavy atom. The summed E-state index contributed by atoms with van der Waals surface area (Å²) in [6.07, 6.45) is 9.79. The molecule has 0 radical (unpaired) electrons. The van der Waals surface area contributed by atoms with Gasteiger partial charge in [-0.15, -0.1) is 0 Å². The summed E-state index contributed by atoms with van der Waals surface area (Å²) in [5, 5.41) is 3.84. The van der Waals surface area contributed by atoms with Crippen molar-refractivity contribution in [2.24, 2.45) is 17.6 Å². The highest BCUT2D eigenvalue weighted by molar-refractivity contribution is 4.87. The third kappa shape index (κ3) is 2.73. The van der Waals surface area contributed by atoms with Crippen molar-refractivity contribution in [1.82, 2.24) is 5.32 Å². The molecule has 2 aliphatic rings. The van der Waals surface area contributed by atoms with Crippen molar-refractivity contribution in [3.63, 3.8) is 0 Å². The van der Waals surface area contributed by atoms with Gasteiger partial charge in [-0.25, -0.2) is 0 Å². The number of rotatable bonds is 4. The standard InChI is InChI=1S/C13H26N2/c1-10(11-6-4-7-11)15-13-8-3-2-5-12(13)9-14/h10-13,15H,2-9,14H2,1H3. The Hall–Kier alpha value is -0.0800. The molecular formula is C13H26N2. The molecule has 2 heteroatoms. The van der Waals surface area contributed by atoms with Crippen LogP contribution in [0.25, 0.3) is 0 Å². The summed E-state index contributed by atoms with van der Waals surface area (Å²) < 4.78 is 0. The maximum absolute atomic E-state index is 5.85. The summed E-state index contributed by atoms with van der Waals surface area (Å²) in [6.45, 7) is 3.24. The van der Waals surface area contributed by atoms with E-state index in [1.54, 1.807) is 0 Å². The van der Waals surface area contributed by atoms with Gasteiger partial charge in [0.25, 0.3) is 0 Å². The molecule has 2 fully saturated rings. The monoisotopic (exact) mass is 210 g/mol. The van der Waals surface area contributed by atoms with Crippen LogP contribution < -0.4 is 11.1 Å². The third-order valence-corrected chi connectivity index (χ3v) is 4.55. The molecule has 0 heterocycles. The Morgan fingerprint density at radius 1 is 1.13 bits per heavy atom. The highest BCUT2D eigenvalue weighted by atomic mass is 15.0. The van der Waals surface area contributed by atoms with Crippen molar-refractivity contribution in [2.75, 3.05) is 6.54 Å². The Balaban J connectivity index is 1.79. The summed E-state index contributed by atoms with van der Waals surface area (Å²) in [4.78, 5) is 0. The van der Waals surface area contributed by atoms with Crippen LogP contribution in [0.15, 0.2) is 0 Å². The van der Waals surface area contributed by atoms with Gasteiger partial charge in [-0.2, -0.15) is 0 Å². The van der Waals surface area contributed by atoms with Crippen LogP contribution >= 0.6 is 0 Å². The summed E-state index contributed by atoms with van der Waals surface area (Å²) in [7, 11) is 0. The minimum absolute atomic E-state index is 0.708. The van der Waals surface area contributed by atoms with Crippen LogP contribution in [0.3, 0.4) is 0 Å². The van der Waals surface area contributed by atoms with E-state index in [9.17, 15) is 0 Å². The summed E-state index contributed by atoms with van der Waals surface area (Å²) in [5.74, 6) is 1.69. The molecule has 0 aliphatic heterocycles. The smallest absolute Gasteiger partial charge is 0.0110 e. The van der Waals surface area contributed by atoms with Crippen LogP contribution in [-0.4, -0.2) is 18.6 Å². The van der Waals surface area contributed by atoms with Gasteiger partial charge in [-0.1, -0.05) is 19.3 Å². The van der Waals surface area contributed by atoms with Gasteiger partial charge in [-0.05, 0) is 51.0 Å². The van der Waals surface area contributed by atoms with Crippen molar-refractivity contribution in [1.29, 1.82) is 0 Å². The van der Waals surface area contributed by atoms with E-state index in [2.05, 4.69) is 12.2 Å². The molecule has 0 saturated heterocycles. The molecule has 3 N–H and O–H groups in total. The molecule has 0 spiro atoms. The van der Waals surface area contributed by atoms with Gasteiger partial charge in [0, 0.05) is 12.1 Å². The highest BCUT2D eigenvalue weighted by Crippen LogP contribution is 2.31. The number of nitrogens with one attached hydrogen (secondary N) is 1. The number of hydrogen-bond acceptors (Lipinski definition) is 2. The Bertz CT molecular complexity index is 189. The maximum Gasteiger partial charge on any atom is 0.0110 e. The zero-order chi connectivity index (χ0) is 10.7. The molecule has 0 aromatic rings. The first kappa shape index (κ1) is 11.4. The van der Waals surface area contributed by atoms with Gasteiger partial charge < -0.3 is 11.1 Å². The fourth-order valence-electron chi connectivity index (χ4n) is 3.12. The minimum atomic E-state index is 0.708. The largest absolute Gasteiger partial charge is 0.330 e. The van der Waals surface area contributed by atoms with Crippen molar-refractivity contribution in [2.45, 2.75) is 64.0 Å². The molecule has 0 aromatic heterocycles. The van der Waals surface area contributed by atoms with E-state index in [1.807, 2.05) is 0 Å². The van der Waals surface area contributed by atoms with Gasteiger partial charge in [0.05, 0.1) is 0 Å². The fourth-order valence-corrected chi connectivity index (χ4v) is 3.12. The van der Waals surface area contributed by atoms with Crippen molar-refractivity contribution in [3.8, 4) is 0 Å². The van der Waals surface area contributed by atoms with E-state index in [-0.39, 0.29) is 0 Å². The molecule has 3 unspecified atom stereocenters. The van der Waals surface area contributed by atoms with E-state index in [0.717, 1.165) is 24.4 Å². The number of hydrogen-bond donors (Lipinski definition) is 2. The van der Waals surface area contributed by atoms with Gasteiger partial charge in [0.1, 0.15) is 0 Å². The van der Waals surface area contributed by atoms with Gasteiger partial charge in [0.15, 0.2) is 0 Å². The summed E-state index contributed by atoms with van der Waals surface area (Å²) in [6, 6.07) is 1.43. The van der Waals surface area contributed by atoms with E-state index in [0.29, 0.717) is 6.04 Å². The molecule has 2 rings (SSSR count). The summed E-state index contributed by atoms with van der Waals surface area (Å²) >= 11 is 0. The molecular weight excluding hydrogens is 184 g/mol. The van der Waals surface area contributed by atoms with E-state index in [4.69, 9.17) is 5.73 Å². The van der Waals surface area contributed by atoms with Crippen LogP contribution in [0.2, 0.25) is 0 Å². The average Bonchev–Trinajstić information content (AvgIpc) is 2.15. The summed E-state index contributed by atoms with van der Waals surface area (Å²) in [5.41, 5.74) is 5.85. The van der Waals surface area contributed by atoms with Crippen molar-refractivity contribution < 1.29 is 0 Å². The molecule has 0 amide bonds. The van der Waals surface area contributed by atoms with Crippen LogP contribution in [-0.2, 0) is 0 Å². The van der Waals surface area contributed by atoms with Gasteiger partial charge in [-0.3, -0.25) is 0 Å². The van der Waals surface area contributed by atoms with Crippen LogP contribution in [0, 0.1) is 11.8 Å². The average molecular weight is 210 g/mol. The Kier molecular flexibility index (Phi) is 4.04. The zero-order valence-electron chi connectivity index (χ0n) is 10.0. The topological polar surface area (TPSA) is 38.0 Å². The van der Waals surface area contributed by atoms with Gasteiger partial charge >= 0.3 is 0 Å². The lowest BCUT2D eigenvalue weighted by molar-refractivity contribution is 0.183. The van der Waals surface area contributed by atoms with Gasteiger partial charge in [0.2, 0.25) is 0 Å². The van der Waals surface area contributed by atoms with Crippen molar-refractivity contribution >= 4 is 0 Å². The van der Waals surface area contributed by atoms with E-state index >= 15 is 0 Å². The molecule has 2 nitrogen and oxygen atoms in total. The molecule has 0 bridgehead atoms. The maximum atomic E-state index is 5.85. The Labute approximate surface area is 94.0 Å². The van der Waals surface area contributed by atoms with Crippen molar-refractivity contribution in [3.05, 3.63) is 0 Å². The quantitative estimate of drug-likeness (QED) is 0.747. The third-order valence-electron chi connectivity index (χ3n) is 4.55. The van der Waals surface area contributed by atoms with Crippen LogP contribution in [0.5, 0.6) is 0 Å². The highest BCUT2D eigenvalue weighted by Gasteiger charge is 2.29. The lowest BCUT2D eigenvalue weighted by atomic mass is 9.78. The van der Waals surface area contributed by atoms with E-state index < -0.39 is 0 Å². The normalized spacial score (nSPS) is 34.8. The molecule has 88 valence electrons. The lowest BCUT2D eigenvalue weighted by Gasteiger charge is -2.39. The first-order valence-corrected chi connectivity index (χ1v) is 6.77.